The number of halogens is 1. The first-order valence-corrected chi connectivity index (χ1v) is 9.95. The molecule has 1 aromatic carbocycles. The number of aromatic nitrogens is 1. The summed E-state index contributed by atoms with van der Waals surface area (Å²) in [7, 11) is 3.55. The number of fused-ring (bicyclic) bond motifs is 2. The zero-order chi connectivity index (χ0) is 20.5. The topological polar surface area (TPSA) is 65.5 Å². The summed E-state index contributed by atoms with van der Waals surface area (Å²) in [4.78, 5) is 33.0. The molecule has 1 N–H and O–H groups in total. The van der Waals surface area contributed by atoms with E-state index in [4.69, 9.17) is 0 Å². The number of carbonyl (C=O) groups is 2. The molecule has 29 heavy (non-hydrogen) atoms. The van der Waals surface area contributed by atoms with Gasteiger partial charge in [0.25, 0.3) is 5.91 Å². The van der Waals surface area contributed by atoms with E-state index in [1.54, 1.807) is 43.3 Å². The molecule has 0 spiro atoms. The van der Waals surface area contributed by atoms with Crippen molar-refractivity contribution >= 4 is 11.9 Å². The Morgan fingerprint density at radius 3 is 2.45 bits per heavy atom. The quantitative estimate of drug-likeness (QED) is 0.866. The van der Waals surface area contributed by atoms with Gasteiger partial charge in [0.2, 0.25) is 0 Å². The van der Waals surface area contributed by atoms with Crippen LogP contribution >= 0.6 is 0 Å². The Morgan fingerprint density at radius 2 is 1.86 bits per heavy atom. The van der Waals surface area contributed by atoms with E-state index in [0.717, 1.165) is 25.7 Å². The summed E-state index contributed by atoms with van der Waals surface area (Å²) < 4.78 is 13.4. The van der Waals surface area contributed by atoms with Gasteiger partial charge >= 0.3 is 6.03 Å². The van der Waals surface area contributed by atoms with Gasteiger partial charge in [0, 0.05) is 44.0 Å². The molecule has 2 bridgehead atoms. The van der Waals surface area contributed by atoms with Crippen LogP contribution in [0, 0.1) is 5.82 Å². The molecule has 2 aliphatic heterocycles. The first-order chi connectivity index (χ1) is 13.9. The number of amides is 3. The van der Waals surface area contributed by atoms with Crippen LogP contribution in [0.25, 0.3) is 11.3 Å². The number of hydrogen-bond donors (Lipinski definition) is 1. The summed E-state index contributed by atoms with van der Waals surface area (Å²) in [6, 6.07) is 10.1. The van der Waals surface area contributed by atoms with Crippen LogP contribution in [0.1, 0.15) is 36.0 Å². The van der Waals surface area contributed by atoms with E-state index in [1.165, 1.54) is 18.3 Å². The lowest BCUT2D eigenvalue weighted by Crippen LogP contribution is -2.54. The van der Waals surface area contributed by atoms with Crippen LogP contribution < -0.4 is 5.32 Å². The maximum atomic E-state index is 13.4. The first kappa shape index (κ1) is 19.4. The Kier molecular flexibility index (Phi) is 5.22. The molecule has 0 aliphatic carbocycles. The van der Waals surface area contributed by atoms with Gasteiger partial charge in [-0.1, -0.05) is 12.1 Å². The lowest BCUT2D eigenvalue weighted by Gasteiger charge is -2.40. The van der Waals surface area contributed by atoms with Crippen molar-refractivity contribution in [3.05, 3.63) is 54.0 Å². The van der Waals surface area contributed by atoms with Crippen LogP contribution in [0.5, 0.6) is 0 Å². The predicted octanol–water partition coefficient (Wildman–Crippen LogP) is 3.29. The average molecular weight is 396 g/mol. The predicted molar refractivity (Wildman–Crippen MR) is 108 cm³/mol. The van der Waals surface area contributed by atoms with E-state index >= 15 is 0 Å². The van der Waals surface area contributed by atoms with Gasteiger partial charge in [-0.15, -0.1) is 0 Å². The molecule has 6 nitrogen and oxygen atoms in total. The van der Waals surface area contributed by atoms with Crippen molar-refractivity contribution in [1.82, 2.24) is 20.1 Å². The zero-order valence-electron chi connectivity index (χ0n) is 16.6. The number of urea groups is 1. The summed E-state index contributed by atoms with van der Waals surface area (Å²) in [5, 5.41) is 3.10. The fraction of sp³-hybridized carbons (Fsp3) is 0.409. The van der Waals surface area contributed by atoms with Crippen LogP contribution in [0.3, 0.4) is 0 Å². The summed E-state index contributed by atoms with van der Waals surface area (Å²) in [6.45, 7) is 0. The molecular weight excluding hydrogens is 371 g/mol. The van der Waals surface area contributed by atoms with Crippen molar-refractivity contribution in [3.63, 3.8) is 0 Å². The van der Waals surface area contributed by atoms with Gasteiger partial charge in [0.05, 0.1) is 11.3 Å². The maximum absolute atomic E-state index is 13.4. The molecule has 2 fully saturated rings. The van der Waals surface area contributed by atoms with E-state index in [-0.39, 0.29) is 35.9 Å². The summed E-state index contributed by atoms with van der Waals surface area (Å²) in [5.41, 5.74) is 1.77. The largest absolute Gasteiger partial charge is 0.349 e. The molecule has 0 saturated carbocycles. The molecule has 4 rings (SSSR count). The van der Waals surface area contributed by atoms with Crippen LogP contribution in [0.2, 0.25) is 0 Å². The van der Waals surface area contributed by atoms with E-state index in [0.29, 0.717) is 16.8 Å². The van der Waals surface area contributed by atoms with E-state index in [9.17, 15) is 14.0 Å². The minimum Gasteiger partial charge on any atom is -0.349 e. The van der Waals surface area contributed by atoms with Crippen molar-refractivity contribution in [1.29, 1.82) is 0 Å². The zero-order valence-corrected chi connectivity index (χ0v) is 16.6. The molecule has 3 atom stereocenters. The van der Waals surface area contributed by atoms with Gasteiger partial charge < -0.3 is 15.1 Å². The van der Waals surface area contributed by atoms with Gasteiger partial charge in [-0.25, -0.2) is 9.18 Å². The number of rotatable bonds is 3. The highest BCUT2D eigenvalue weighted by molar-refractivity contribution is 5.94. The Labute approximate surface area is 169 Å². The SMILES string of the molecule is CN(C)C(=O)N1[C@@H]2CC[C@H]1CC(NC(=O)c1ccc(-c3cccc(F)c3)nc1)C2. The Bertz CT molecular complexity index is 901. The monoisotopic (exact) mass is 396 g/mol. The second-order valence-corrected chi connectivity index (χ2v) is 8.05. The number of hydrogen-bond acceptors (Lipinski definition) is 3. The number of carbonyl (C=O) groups excluding carboxylic acids is 2. The third kappa shape index (κ3) is 3.95. The normalized spacial score (nSPS) is 23.0. The van der Waals surface area contributed by atoms with Crippen molar-refractivity contribution in [3.8, 4) is 11.3 Å². The lowest BCUT2D eigenvalue weighted by atomic mass is 9.97. The highest BCUT2D eigenvalue weighted by atomic mass is 19.1. The van der Waals surface area contributed by atoms with Gasteiger partial charge in [-0.05, 0) is 49.9 Å². The molecule has 2 saturated heterocycles. The molecule has 3 amide bonds. The Hall–Kier alpha value is -2.96. The maximum Gasteiger partial charge on any atom is 0.319 e. The Morgan fingerprint density at radius 1 is 1.14 bits per heavy atom. The fourth-order valence-corrected chi connectivity index (χ4v) is 4.45. The number of nitrogens with zero attached hydrogens (tertiary/aromatic N) is 3. The average Bonchev–Trinajstić information content (AvgIpc) is 2.97. The first-order valence-electron chi connectivity index (χ1n) is 9.95. The van der Waals surface area contributed by atoms with E-state index < -0.39 is 0 Å². The number of nitrogens with one attached hydrogen (secondary N) is 1. The standard InChI is InChI=1S/C22H25FN4O2/c1-26(2)22(29)27-18-7-8-19(27)12-17(11-18)25-21(28)15-6-9-20(24-13-15)14-4-3-5-16(23)10-14/h3-6,9-10,13,17-19H,7-8,11-12H2,1-2H3,(H,25,28)/t17?,18-,19+. The van der Waals surface area contributed by atoms with Crippen molar-refractivity contribution in [2.75, 3.05) is 14.1 Å². The minimum atomic E-state index is -0.320. The number of pyridine rings is 1. The third-order valence-electron chi connectivity index (χ3n) is 5.82. The van der Waals surface area contributed by atoms with Crippen molar-refractivity contribution in [2.45, 2.75) is 43.8 Å². The molecule has 7 heteroatoms. The second kappa shape index (κ2) is 7.81. The summed E-state index contributed by atoms with van der Waals surface area (Å²) >= 11 is 0. The molecule has 152 valence electrons. The van der Waals surface area contributed by atoms with Crippen LogP contribution in [-0.4, -0.2) is 58.9 Å². The molecule has 1 aromatic heterocycles. The van der Waals surface area contributed by atoms with Crippen molar-refractivity contribution in [2.24, 2.45) is 0 Å². The molecule has 2 aromatic rings. The lowest BCUT2D eigenvalue weighted by molar-refractivity contribution is 0.0863. The second-order valence-electron chi connectivity index (χ2n) is 8.05. The fourth-order valence-electron chi connectivity index (χ4n) is 4.45. The van der Waals surface area contributed by atoms with Gasteiger partial charge in [-0.2, -0.15) is 0 Å². The Balaban J connectivity index is 1.40. The highest BCUT2D eigenvalue weighted by Crippen LogP contribution is 2.36. The van der Waals surface area contributed by atoms with Crippen LogP contribution in [0.4, 0.5) is 9.18 Å². The summed E-state index contributed by atoms with van der Waals surface area (Å²) in [5.74, 6) is -0.486. The van der Waals surface area contributed by atoms with Gasteiger partial charge in [0.15, 0.2) is 0 Å². The summed E-state index contributed by atoms with van der Waals surface area (Å²) in [6.07, 6.45) is 5.04. The highest BCUT2D eigenvalue weighted by Gasteiger charge is 2.44. The third-order valence-corrected chi connectivity index (χ3v) is 5.82. The molecule has 3 heterocycles. The molecule has 1 unspecified atom stereocenters. The van der Waals surface area contributed by atoms with Gasteiger partial charge in [0.1, 0.15) is 5.82 Å². The number of benzene rings is 1. The minimum absolute atomic E-state index is 0.0501. The van der Waals surface area contributed by atoms with Crippen molar-refractivity contribution < 1.29 is 14.0 Å². The molecule has 2 aliphatic rings. The van der Waals surface area contributed by atoms with E-state index in [1.807, 2.05) is 4.90 Å². The molecular formula is C22H25FN4O2. The van der Waals surface area contributed by atoms with Crippen LogP contribution in [-0.2, 0) is 0 Å². The molecule has 0 radical (unpaired) electrons. The smallest absolute Gasteiger partial charge is 0.319 e. The number of piperidine rings is 1. The van der Waals surface area contributed by atoms with E-state index in [2.05, 4.69) is 10.3 Å². The van der Waals surface area contributed by atoms with Gasteiger partial charge in [-0.3, -0.25) is 9.78 Å². The van der Waals surface area contributed by atoms with Crippen LogP contribution in [0.15, 0.2) is 42.6 Å².